The van der Waals surface area contributed by atoms with Crippen LogP contribution in [0.25, 0.3) is 11.1 Å². The van der Waals surface area contributed by atoms with E-state index in [1.807, 2.05) is 0 Å². The molecule has 1 aromatic heterocycles. The van der Waals surface area contributed by atoms with Crippen molar-refractivity contribution in [2.45, 2.75) is 0 Å². The molecule has 3 aromatic rings. The number of aromatic amines is 1. The summed E-state index contributed by atoms with van der Waals surface area (Å²) >= 11 is 6.01. The van der Waals surface area contributed by atoms with E-state index in [4.69, 9.17) is 21.8 Å². The summed E-state index contributed by atoms with van der Waals surface area (Å²) in [5.74, 6) is -0.848. The van der Waals surface area contributed by atoms with Gasteiger partial charge in [0.1, 0.15) is 0 Å². The Hall–Kier alpha value is -2.53. The number of fused-ring (bicyclic) bond motifs is 1. The molecule has 0 spiro atoms. The fourth-order valence-electron chi connectivity index (χ4n) is 1.96. The highest BCUT2D eigenvalue weighted by atomic mass is 35.5. The van der Waals surface area contributed by atoms with Crippen molar-refractivity contribution in [2.75, 3.05) is 5.73 Å². The maximum absolute atomic E-state index is 12.4. The van der Waals surface area contributed by atoms with Crippen molar-refractivity contribution in [3.8, 4) is 0 Å². The highest BCUT2D eigenvalue weighted by Gasteiger charge is 2.14. The lowest BCUT2D eigenvalue weighted by Gasteiger charge is -2.04. The number of H-pyrrole nitrogens is 1. The van der Waals surface area contributed by atoms with Crippen LogP contribution in [0.1, 0.15) is 15.9 Å². The lowest BCUT2D eigenvalue weighted by molar-refractivity contribution is 0.103. The van der Waals surface area contributed by atoms with Crippen LogP contribution >= 0.6 is 11.6 Å². The van der Waals surface area contributed by atoms with Crippen molar-refractivity contribution < 1.29 is 9.21 Å². The van der Waals surface area contributed by atoms with Crippen molar-refractivity contribution in [3.63, 3.8) is 0 Å². The van der Waals surface area contributed by atoms with Crippen LogP contribution in [0, 0.1) is 0 Å². The molecule has 1 heterocycles. The van der Waals surface area contributed by atoms with E-state index < -0.39 is 5.76 Å². The van der Waals surface area contributed by atoms with Gasteiger partial charge in [0, 0.05) is 16.8 Å². The topological polar surface area (TPSA) is 89.1 Å². The number of aromatic nitrogens is 1. The third-order valence-electron chi connectivity index (χ3n) is 2.92. The first-order valence-corrected chi connectivity index (χ1v) is 6.15. The maximum atomic E-state index is 12.4. The number of benzene rings is 2. The smallest absolute Gasteiger partial charge is 0.408 e. The second-order valence-electron chi connectivity index (χ2n) is 4.29. The molecule has 0 saturated heterocycles. The fourth-order valence-corrected chi connectivity index (χ4v) is 2.16. The summed E-state index contributed by atoms with van der Waals surface area (Å²) in [6, 6.07) is 9.40. The Bertz CT molecular complexity index is 880. The van der Waals surface area contributed by atoms with Gasteiger partial charge in [-0.25, -0.2) is 4.79 Å². The third kappa shape index (κ3) is 2.08. The number of nitrogen functional groups attached to an aromatic ring is 1. The zero-order valence-electron chi connectivity index (χ0n) is 10.1. The lowest BCUT2D eigenvalue weighted by atomic mass is 10.0. The van der Waals surface area contributed by atoms with Gasteiger partial charge in [-0.1, -0.05) is 11.6 Å². The van der Waals surface area contributed by atoms with E-state index in [-0.39, 0.29) is 5.78 Å². The Balaban J connectivity index is 2.12. The van der Waals surface area contributed by atoms with Gasteiger partial charge in [-0.3, -0.25) is 9.78 Å². The van der Waals surface area contributed by atoms with Crippen molar-refractivity contribution in [1.29, 1.82) is 0 Å². The highest BCUT2D eigenvalue weighted by Crippen LogP contribution is 2.23. The monoisotopic (exact) mass is 288 g/mol. The fraction of sp³-hybridized carbons (Fsp3) is 0. The van der Waals surface area contributed by atoms with Gasteiger partial charge in [-0.15, -0.1) is 0 Å². The number of hydrogen-bond donors (Lipinski definition) is 2. The van der Waals surface area contributed by atoms with Crippen LogP contribution in [-0.4, -0.2) is 10.8 Å². The highest BCUT2D eigenvalue weighted by molar-refractivity contribution is 6.35. The number of hydrogen-bond acceptors (Lipinski definition) is 4. The Kier molecular flexibility index (Phi) is 2.84. The van der Waals surface area contributed by atoms with E-state index in [1.54, 1.807) is 24.3 Å². The third-order valence-corrected chi connectivity index (χ3v) is 3.25. The van der Waals surface area contributed by atoms with Crippen molar-refractivity contribution >= 4 is 34.2 Å². The first-order valence-electron chi connectivity index (χ1n) is 5.77. The molecule has 2 aromatic carbocycles. The molecule has 0 aliphatic carbocycles. The number of nitrogens with one attached hydrogen (secondary N) is 1. The maximum Gasteiger partial charge on any atom is 0.417 e. The minimum absolute atomic E-state index is 0.284. The number of nitrogens with two attached hydrogens (primary N) is 1. The Labute approximate surface area is 118 Å². The second-order valence-corrected chi connectivity index (χ2v) is 4.70. The molecular formula is C14H9ClN2O3. The van der Waals surface area contributed by atoms with Crippen molar-refractivity contribution in [1.82, 2.24) is 4.98 Å². The van der Waals surface area contributed by atoms with Gasteiger partial charge in [0.2, 0.25) is 0 Å². The predicted molar refractivity (Wildman–Crippen MR) is 76.1 cm³/mol. The average molecular weight is 289 g/mol. The summed E-state index contributed by atoms with van der Waals surface area (Å²) in [6.07, 6.45) is 0. The standard InChI is InChI=1S/C14H9ClN2O3/c15-10-3-2-8(16)6-9(10)13(18)7-1-4-11-12(5-7)20-14(19)17-11/h1-6H,16H2,(H,17,19). The molecule has 3 N–H and O–H groups in total. The summed E-state index contributed by atoms with van der Waals surface area (Å²) in [5.41, 5.74) is 7.64. The van der Waals surface area contributed by atoms with Gasteiger partial charge < -0.3 is 10.2 Å². The van der Waals surface area contributed by atoms with E-state index in [0.717, 1.165) is 0 Å². The number of carbonyl (C=O) groups is 1. The Morgan fingerprint density at radius 2 is 2.00 bits per heavy atom. The number of carbonyl (C=O) groups excluding carboxylic acids is 1. The minimum atomic E-state index is -0.563. The van der Waals surface area contributed by atoms with Gasteiger partial charge in [0.15, 0.2) is 11.4 Å². The van der Waals surface area contributed by atoms with E-state index in [9.17, 15) is 9.59 Å². The Morgan fingerprint density at radius 3 is 2.80 bits per heavy atom. The van der Waals surface area contributed by atoms with Gasteiger partial charge in [-0.05, 0) is 36.4 Å². The molecular weight excluding hydrogens is 280 g/mol. The molecule has 100 valence electrons. The van der Waals surface area contributed by atoms with Crippen LogP contribution in [0.5, 0.6) is 0 Å². The molecule has 0 atom stereocenters. The molecule has 0 aliphatic heterocycles. The molecule has 5 nitrogen and oxygen atoms in total. The van der Waals surface area contributed by atoms with E-state index in [0.29, 0.717) is 32.9 Å². The van der Waals surface area contributed by atoms with E-state index in [2.05, 4.69) is 4.98 Å². The van der Waals surface area contributed by atoms with Crippen molar-refractivity contribution in [3.05, 3.63) is 63.1 Å². The van der Waals surface area contributed by atoms with Crippen LogP contribution in [0.4, 0.5) is 5.69 Å². The summed E-state index contributed by atoms with van der Waals surface area (Å²) in [7, 11) is 0. The van der Waals surface area contributed by atoms with E-state index >= 15 is 0 Å². The lowest BCUT2D eigenvalue weighted by Crippen LogP contribution is -2.03. The first-order chi connectivity index (χ1) is 9.54. The van der Waals surface area contributed by atoms with E-state index in [1.165, 1.54) is 12.1 Å². The van der Waals surface area contributed by atoms with Gasteiger partial charge in [-0.2, -0.15) is 0 Å². The summed E-state index contributed by atoms with van der Waals surface area (Å²) in [6.45, 7) is 0. The quantitative estimate of drug-likeness (QED) is 0.560. The molecule has 0 fully saturated rings. The first kappa shape index (κ1) is 12.5. The predicted octanol–water partition coefficient (Wildman–Crippen LogP) is 2.59. The molecule has 6 heteroatoms. The zero-order valence-corrected chi connectivity index (χ0v) is 10.9. The number of oxazole rings is 1. The Morgan fingerprint density at radius 1 is 1.20 bits per heavy atom. The average Bonchev–Trinajstić information content (AvgIpc) is 2.79. The molecule has 0 unspecified atom stereocenters. The molecule has 0 saturated carbocycles. The molecule has 20 heavy (non-hydrogen) atoms. The van der Waals surface area contributed by atoms with Crippen LogP contribution in [0.3, 0.4) is 0 Å². The van der Waals surface area contributed by atoms with Crippen LogP contribution in [0.2, 0.25) is 5.02 Å². The van der Waals surface area contributed by atoms with Crippen LogP contribution < -0.4 is 11.5 Å². The number of ketones is 1. The molecule has 0 bridgehead atoms. The van der Waals surface area contributed by atoms with Crippen LogP contribution in [-0.2, 0) is 0 Å². The molecule has 0 radical (unpaired) electrons. The summed E-state index contributed by atoms with van der Waals surface area (Å²) in [5, 5.41) is 0.319. The SMILES string of the molecule is Nc1ccc(Cl)c(C(=O)c2ccc3[nH]c(=O)oc3c2)c1. The molecule has 0 amide bonds. The summed E-state index contributed by atoms with van der Waals surface area (Å²) in [4.78, 5) is 26.0. The number of anilines is 1. The van der Waals surface area contributed by atoms with Gasteiger partial charge >= 0.3 is 5.76 Å². The molecule has 0 aliphatic rings. The van der Waals surface area contributed by atoms with Crippen LogP contribution in [0.15, 0.2) is 45.6 Å². The number of rotatable bonds is 2. The minimum Gasteiger partial charge on any atom is -0.408 e. The van der Waals surface area contributed by atoms with Crippen molar-refractivity contribution in [2.24, 2.45) is 0 Å². The number of halogens is 1. The summed E-state index contributed by atoms with van der Waals surface area (Å²) < 4.78 is 4.93. The largest absolute Gasteiger partial charge is 0.417 e. The zero-order chi connectivity index (χ0) is 14.3. The van der Waals surface area contributed by atoms with Gasteiger partial charge in [0.25, 0.3) is 0 Å². The van der Waals surface area contributed by atoms with Gasteiger partial charge in [0.05, 0.1) is 10.5 Å². The normalized spacial score (nSPS) is 10.8. The molecule has 3 rings (SSSR count). The second kappa shape index (κ2) is 4.54.